The molecule has 1 heterocycles. The summed E-state index contributed by atoms with van der Waals surface area (Å²) in [6.45, 7) is 6.80. The number of hydrogen-bond donors (Lipinski definition) is 2. The van der Waals surface area contributed by atoms with Crippen LogP contribution < -0.4 is 10.6 Å². The van der Waals surface area contributed by atoms with Gasteiger partial charge in [-0.25, -0.2) is 0 Å². The smallest absolute Gasteiger partial charge is 0.321 e. The predicted molar refractivity (Wildman–Crippen MR) is 162 cm³/mol. The molecule has 1 aliphatic carbocycles. The molecule has 0 aliphatic heterocycles. The van der Waals surface area contributed by atoms with Crippen molar-refractivity contribution in [1.82, 2.24) is 9.88 Å². The number of anilines is 1. The van der Waals surface area contributed by atoms with Gasteiger partial charge in [0.25, 0.3) is 5.91 Å². The fourth-order valence-electron chi connectivity index (χ4n) is 5.42. The normalized spacial score (nSPS) is 14.0. The summed E-state index contributed by atoms with van der Waals surface area (Å²) in [5.74, 6) is 0.398. The van der Waals surface area contributed by atoms with Gasteiger partial charge in [0, 0.05) is 17.1 Å². The van der Waals surface area contributed by atoms with E-state index in [0.29, 0.717) is 23.2 Å². The fraction of sp³-hybridized carbons (Fsp3) is 0.314. The Kier molecular flexibility index (Phi) is 8.74. The average molecular weight is 585 g/mol. The Morgan fingerprint density at radius 2 is 1.67 bits per heavy atom. The maximum atomic E-state index is 14.1. The van der Waals surface area contributed by atoms with Crippen molar-refractivity contribution < 1.29 is 18.0 Å². The van der Waals surface area contributed by atoms with Crippen molar-refractivity contribution in [3.8, 4) is 11.8 Å². The standard InChI is InChI=1S/C35H35F3N4O/c1-4-31-30(35(36,37)38)19-32(42(31)29-10-5-7-24(17-29)20-39)34(43)41-28-9-6-8-27(18-28)33(40-21-23-11-12-23)26-15-13-25(14-16-26)22(2)3/h5-10,13-19,22-23,33,40H,4,11-12,21H2,1-3H3,(H,41,43). The first-order chi connectivity index (χ1) is 20.6. The molecular weight excluding hydrogens is 549 g/mol. The number of hydrogen-bond acceptors (Lipinski definition) is 3. The number of nitrogens with zero attached hydrogens (tertiary/aromatic N) is 2. The zero-order valence-corrected chi connectivity index (χ0v) is 24.5. The molecule has 1 aliphatic rings. The predicted octanol–water partition coefficient (Wildman–Crippen LogP) is 8.39. The van der Waals surface area contributed by atoms with Gasteiger partial charge in [-0.3, -0.25) is 4.79 Å². The Bertz CT molecular complexity index is 1640. The molecule has 0 bridgehead atoms. The van der Waals surface area contributed by atoms with Crippen molar-refractivity contribution in [2.45, 2.75) is 58.2 Å². The maximum Gasteiger partial charge on any atom is 0.418 e. The lowest BCUT2D eigenvalue weighted by atomic mass is 9.95. The molecule has 1 amide bonds. The highest BCUT2D eigenvalue weighted by molar-refractivity contribution is 6.04. The van der Waals surface area contributed by atoms with E-state index < -0.39 is 17.6 Å². The van der Waals surface area contributed by atoms with Gasteiger partial charge >= 0.3 is 6.18 Å². The van der Waals surface area contributed by atoms with Crippen molar-refractivity contribution in [2.75, 3.05) is 11.9 Å². The molecule has 0 radical (unpaired) electrons. The van der Waals surface area contributed by atoms with Crippen LogP contribution in [0.3, 0.4) is 0 Å². The number of aromatic nitrogens is 1. The number of alkyl halides is 3. The van der Waals surface area contributed by atoms with E-state index in [2.05, 4.69) is 48.7 Å². The number of carbonyl (C=O) groups excluding carboxylic acids is 1. The number of nitrogens with one attached hydrogen (secondary N) is 2. The van der Waals surface area contributed by atoms with Crippen LogP contribution in [0.4, 0.5) is 18.9 Å². The van der Waals surface area contributed by atoms with Crippen LogP contribution in [-0.2, 0) is 12.6 Å². The first kappa shape index (κ1) is 30.1. The lowest BCUT2D eigenvalue weighted by Gasteiger charge is -2.21. The quantitative estimate of drug-likeness (QED) is 0.197. The van der Waals surface area contributed by atoms with E-state index in [0.717, 1.165) is 23.7 Å². The maximum absolute atomic E-state index is 14.1. The Morgan fingerprint density at radius 1 is 0.977 bits per heavy atom. The van der Waals surface area contributed by atoms with Crippen LogP contribution in [0.2, 0.25) is 0 Å². The molecule has 1 unspecified atom stereocenters. The minimum absolute atomic E-state index is 0.0400. The van der Waals surface area contributed by atoms with Crippen LogP contribution in [0.25, 0.3) is 5.69 Å². The van der Waals surface area contributed by atoms with Gasteiger partial charge in [0.05, 0.1) is 23.2 Å². The summed E-state index contributed by atoms with van der Waals surface area (Å²) in [6.07, 6.45) is -2.19. The summed E-state index contributed by atoms with van der Waals surface area (Å²) < 4.78 is 43.5. The van der Waals surface area contributed by atoms with Gasteiger partial charge in [-0.2, -0.15) is 18.4 Å². The van der Waals surface area contributed by atoms with E-state index in [1.807, 2.05) is 24.3 Å². The Hall–Kier alpha value is -4.35. The minimum atomic E-state index is -4.65. The topological polar surface area (TPSA) is 69.8 Å². The summed E-state index contributed by atoms with van der Waals surface area (Å²) >= 11 is 0. The number of amides is 1. The number of nitriles is 1. The summed E-state index contributed by atoms with van der Waals surface area (Å²) in [6, 6.07) is 25.0. The van der Waals surface area contributed by atoms with Crippen LogP contribution in [-0.4, -0.2) is 17.0 Å². The molecule has 5 nitrogen and oxygen atoms in total. The van der Waals surface area contributed by atoms with Crippen LogP contribution in [0.1, 0.15) is 89.6 Å². The number of halogens is 3. The van der Waals surface area contributed by atoms with E-state index in [4.69, 9.17) is 0 Å². The first-order valence-electron chi connectivity index (χ1n) is 14.7. The third-order valence-corrected chi connectivity index (χ3v) is 7.93. The van der Waals surface area contributed by atoms with Crippen LogP contribution >= 0.6 is 0 Å². The molecule has 0 saturated heterocycles. The van der Waals surface area contributed by atoms with Gasteiger partial charge in [0.1, 0.15) is 5.69 Å². The van der Waals surface area contributed by atoms with E-state index in [9.17, 15) is 23.2 Å². The summed E-state index contributed by atoms with van der Waals surface area (Å²) in [7, 11) is 0. The number of carbonyl (C=O) groups is 1. The largest absolute Gasteiger partial charge is 0.418 e. The van der Waals surface area contributed by atoms with Crippen molar-refractivity contribution in [3.63, 3.8) is 0 Å². The Balaban J connectivity index is 1.49. The highest BCUT2D eigenvalue weighted by Gasteiger charge is 2.37. The van der Waals surface area contributed by atoms with E-state index in [1.165, 1.54) is 29.0 Å². The molecule has 43 heavy (non-hydrogen) atoms. The summed E-state index contributed by atoms with van der Waals surface area (Å²) in [5, 5.41) is 15.9. The van der Waals surface area contributed by atoms with Crippen molar-refractivity contribution in [2.24, 2.45) is 5.92 Å². The number of benzene rings is 3. The van der Waals surface area contributed by atoms with Crippen LogP contribution in [0.5, 0.6) is 0 Å². The molecule has 1 aromatic heterocycles. The van der Waals surface area contributed by atoms with Crippen molar-refractivity contribution >= 4 is 11.6 Å². The van der Waals surface area contributed by atoms with Crippen molar-refractivity contribution in [3.05, 3.63) is 118 Å². The third-order valence-electron chi connectivity index (χ3n) is 7.93. The van der Waals surface area contributed by atoms with Crippen LogP contribution in [0.15, 0.2) is 78.9 Å². The lowest BCUT2D eigenvalue weighted by Crippen LogP contribution is -2.25. The zero-order valence-electron chi connectivity index (χ0n) is 24.5. The molecule has 222 valence electrons. The van der Waals surface area contributed by atoms with Gasteiger partial charge < -0.3 is 15.2 Å². The molecule has 1 saturated carbocycles. The van der Waals surface area contributed by atoms with Gasteiger partial charge in [-0.05, 0) is 90.7 Å². The highest BCUT2D eigenvalue weighted by Crippen LogP contribution is 2.37. The zero-order chi connectivity index (χ0) is 30.7. The second kappa shape index (κ2) is 12.5. The van der Waals surface area contributed by atoms with Gasteiger partial charge in [-0.15, -0.1) is 0 Å². The Labute approximate surface area is 250 Å². The van der Waals surface area contributed by atoms with E-state index in [-0.39, 0.29) is 29.4 Å². The molecule has 2 N–H and O–H groups in total. The molecule has 8 heteroatoms. The second-order valence-electron chi connectivity index (χ2n) is 11.4. The molecule has 4 aromatic rings. The molecule has 0 spiro atoms. The summed E-state index contributed by atoms with van der Waals surface area (Å²) in [4.78, 5) is 13.7. The van der Waals surface area contributed by atoms with Gasteiger partial charge in [0.2, 0.25) is 0 Å². The SMILES string of the molecule is CCc1c(C(F)(F)F)cc(C(=O)Nc2cccc(C(NCC3CC3)c3ccc(C(C)C)cc3)c2)n1-c1cccc(C#N)c1. The second-order valence-corrected chi connectivity index (χ2v) is 11.4. The van der Waals surface area contributed by atoms with Gasteiger partial charge in [0.15, 0.2) is 0 Å². The minimum Gasteiger partial charge on any atom is -0.321 e. The van der Waals surface area contributed by atoms with Crippen molar-refractivity contribution in [1.29, 1.82) is 5.26 Å². The third kappa shape index (κ3) is 6.84. The summed E-state index contributed by atoms with van der Waals surface area (Å²) in [5.41, 5.74) is 3.30. The van der Waals surface area contributed by atoms with E-state index >= 15 is 0 Å². The number of rotatable bonds is 10. The van der Waals surface area contributed by atoms with Gasteiger partial charge in [-0.1, -0.05) is 63.2 Å². The van der Waals surface area contributed by atoms with Crippen LogP contribution in [0, 0.1) is 17.2 Å². The molecule has 1 fully saturated rings. The molecule has 3 aromatic carbocycles. The highest BCUT2D eigenvalue weighted by atomic mass is 19.4. The Morgan fingerprint density at radius 3 is 2.30 bits per heavy atom. The molecule has 1 atom stereocenters. The molecule has 5 rings (SSSR count). The fourth-order valence-corrected chi connectivity index (χ4v) is 5.42. The average Bonchev–Trinajstić information content (AvgIpc) is 3.73. The first-order valence-corrected chi connectivity index (χ1v) is 14.7. The lowest BCUT2D eigenvalue weighted by molar-refractivity contribution is -0.138. The molecular formula is C35H35F3N4O. The monoisotopic (exact) mass is 584 g/mol. The van der Waals surface area contributed by atoms with E-state index in [1.54, 1.807) is 31.2 Å².